The number of rotatable bonds is 6. The van der Waals surface area contributed by atoms with Crippen molar-refractivity contribution in [3.05, 3.63) is 81.4 Å². The third-order valence-electron chi connectivity index (χ3n) is 6.49. The first-order chi connectivity index (χ1) is 19.6. The van der Waals surface area contributed by atoms with Crippen molar-refractivity contribution in [1.82, 2.24) is 29.9 Å². The minimum atomic E-state index is -4.67. The van der Waals surface area contributed by atoms with Crippen LogP contribution >= 0.6 is 0 Å². The number of hydrogen-bond donors (Lipinski definition) is 0. The van der Waals surface area contributed by atoms with Crippen LogP contribution in [-0.2, 0) is 12.7 Å². The van der Waals surface area contributed by atoms with Gasteiger partial charge in [-0.25, -0.2) is 9.67 Å². The molecule has 5 rings (SSSR count). The molecule has 1 saturated carbocycles. The molecule has 218 valence electrons. The molecule has 4 aromatic heterocycles. The van der Waals surface area contributed by atoms with Crippen molar-refractivity contribution in [1.29, 1.82) is 0 Å². The molecule has 4 aromatic rings. The van der Waals surface area contributed by atoms with Crippen LogP contribution in [0.5, 0.6) is 5.88 Å². The maximum atomic E-state index is 13.4. The molecule has 0 amide bonds. The fraction of sp³-hybridized carbons (Fsp3) is 0.407. The van der Waals surface area contributed by atoms with Gasteiger partial charge in [-0.2, -0.15) is 27.1 Å². The van der Waals surface area contributed by atoms with Crippen molar-refractivity contribution in [2.75, 3.05) is 7.11 Å². The molecule has 0 N–H and O–H groups in total. The Hall–Kier alpha value is -4.23. The summed E-state index contributed by atoms with van der Waals surface area (Å²) in [5.74, 6) is -0.714. The van der Waals surface area contributed by atoms with Gasteiger partial charge in [0, 0.05) is 24.0 Å². The van der Waals surface area contributed by atoms with E-state index in [4.69, 9.17) is 9.15 Å². The fourth-order valence-electron chi connectivity index (χ4n) is 4.49. The first-order valence-corrected chi connectivity index (χ1v) is 12.8. The maximum absolute atomic E-state index is 13.4. The quantitative estimate of drug-likeness (QED) is 0.251. The minimum absolute atomic E-state index is 0.0611. The van der Waals surface area contributed by atoms with Gasteiger partial charge < -0.3 is 9.15 Å². The lowest BCUT2D eigenvalue weighted by atomic mass is 9.84. The second kappa shape index (κ2) is 13.0. The Morgan fingerprint density at radius 2 is 1.83 bits per heavy atom. The predicted molar refractivity (Wildman–Crippen MR) is 136 cm³/mol. The smallest absolute Gasteiger partial charge is 0.418 e. The molecule has 0 atom stereocenters. The van der Waals surface area contributed by atoms with Gasteiger partial charge in [-0.05, 0) is 55.5 Å². The number of nitrogens with zero attached hydrogens (tertiary/aromatic N) is 6. The SMILES string of the molecule is COc1cc(C)ccn1.O=c1c(C2CCCCC2)cc(-c2nnc(C(F)F)o2)nn1Cc1ncccc1C(F)(F)F. The molecule has 14 heteroatoms. The average molecular weight is 579 g/mol. The highest BCUT2D eigenvalue weighted by molar-refractivity contribution is 5.47. The highest BCUT2D eigenvalue weighted by Crippen LogP contribution is 2.33. The summed E-state index contributed by atoms with van der Waals surface area (Å²) in [6, 6.07) is 7.24. The van der Waals surface area contributed by atoms with Crippen molar-refractivity contribution < 1.29 is 31.1 Å². The number of alkyl halides is 5. The highest BCUT2D eigenvalue weighted by Gasteiger charge is 2.34. The summed E-state index contributed by atoms with van der Waals surface area (Å²) in [7, 11) is 1.61. The van der Waals surface area contributed by atoms with Gasteiger partial charge in [0.25, 0.3) is 17.3 Å². The van der Waals surface area contributed by atoms with Crippen LogP contribution in [0.4, 0.5) is 22.0 Å². The summed E-state index contributed by atoms with van der Waals surface area (Å²) in [4.78, 5) is 20.9. The van der Waals surface area contributed by atoms with Crippen molar-refractivity contribution >= 4 is 0 Å². The molecule has 1 fully saturated rings. The largest absolute Gasteiger partial charge is 0.481 e. The van der Waals surface area contributed by atoms with Crippen LogP contribution in [0.2, 0.25) is 0 Å². The van der Waals surface area contributed by atoms with E-state index in [1.807, 2.05) is 19.1 Å². The zero-order valence-corrected chi connectivity index (χ0v) is 22.2. The lowest BCUT2D eigenvalue weighted by molar-refractivity contribution is -0.138. The Labute approximate surface area is 231 Å². The highest BCUT2D eigenvalue weighted by atomic mass is 19.4. The van der Waals surface area contributed by atoms with Crippen LogP contribution in [0.3, 0.4) is 0 Å². The summed E-state index contributed by atoms with van der Waals surface area (Å²) in [5.41, 5.74) is -0.504. The van der Waals surface area contributed by atoms with E-state index in [2.05, 4.69) is 25.3 Å². The third-order valence-corrected chi connectivity index (χ3v) is 6.49. The standard InChI is InChI=1S/C20H18F5N5O2.C7H9NO/c21-16(22)18-28-27-17(32-18)14-9-12(11-5-2-1-3-6-11)19(31)30(29-14)10-15-13(20(23,24)25)7-4-8-26-15;1-6-3-4-8-7(5-6)9-2/h4,7-9,11,16H,1-3,5-6,10H2;3-5H,1-2H3. The van der Waals surface area contributed by atoms with Gasteiger partial charge in [0.05, 0.1) is 24.9 Å². The summed E-state index contributed by atoms with van der Waals surface area (Å²) >= 11 is 0. The van der Waals surface area contributed by atoms with Crippen LogP contribution < -0.4 is 10.3 Å². The van der Waals surface area contributed by atoms with E-state index < -0.39 is 36.2 Å². The Kier molecular flexibility index (Phi) is 9.40. The first-order valence-electron chi connectivity index (χ1n) is 12.8. The van der Waals surface area contributed by atoms with Gasteiger partial charge in [-0.1, -0.05) is 19.3 Å². The molecule has 0 aromatic carbocycles. The summed E-state index contributed by atoms with van der Waals surface area (Å²) < 4.78 is 76.6. The molecule has 1 aliphatic rings. The Morgan fingerprint density at radius 1 is 1.07 bits per heavy atom. The molecule has 9 nitrogen and oxygen atoms in total. The van der Waals surface area contributed by atoms with Gasteiger partial charge in [0.2, 0.25) is 5.88 Å². The van der Waals surface area contributed by atoms with E-state index in [-0.39, 0.29) is 23.2 Å². The molecule has 0 bridgehead atoms. The second-order valence-electron chi connectivity index (χ2n) is 9.40. The Morgan fingerprint density at radius 3 is 2.44 bits per heavy atom. The Bertz CT molecular complexity index is 1520. The molecule has 1 aliphatic carbocycles. The van der Waals surface area contributed by atoms with Crippen LogP contribution in [0.25, 0.3) is 11.6 Å². The normalized spacial score (nSPS) is 14.0. The molecule has 41 heavy (non-hydrogen) atoms. The predicted octanol–water partition coefficient (Wildman–Crippen LogP) is 6.14. The van der Waals surface area contributed by atoms with Gasteiger partial charge in [-0.15, -0.1) is 10.2 Å². The van der Waals surface area contributed by atoms with E-state index in [0.717, 1.165) is 48.9 Å². The van der Waals surface area contributed by atoms with Gasteiger partial charge in [0.1, 0.15) is 5.69 Å². The second-order valence-corrected chi connectivity index (χ2v) is 9.40. The number of pyridine rings is 2. The van der Waals surface area contributed by atoms with Crippen LogP contribution in [0.1, 0.15) is 72.7 Å². The number of hydrogen-bond acceptors (Lipinski definition) is 8. The number of ether oxygens (including phenoxy) is 1. The van der Waals surface area contributed by atoms with E-state index in [1.165, 1.54) is 17.8 Å². The number of aryl methyl sites for hydroxylation is 1. The van der Waals surface area contributed by atoms with E-state index in [0.29, 0.717) is 11.4 Å². The zero-order chi connectivity index (χ0) is 29.6. The molecule has 0 unspecified atom stereocenters. The van der Waals surface area contributed by atoms with Crippen LogP contribution in [0.15, 0.2) is 51.9 Å². The van der Waals surface area contributed by atoms with E-state index in [9.17, 15) is 26.7 Å². The minimum Gasteiger partial charge on any atom is -0.481 e. The molecular formula is C27H27F5N6O3. The van der Waals surface area contributed by atoms with E-state index >= 15 is 0 Å². The van der Waals surface area contributed by atoms with E-state index in [1.54, 1.807) is 13.3 Å². The fourth-order valence-corrected chi connectivity index (χ4v) is 4.49. The lowest BCUT2D eigenvalue weighted by Crippen LogP contribution is -2.30. The van der Waals surface area contributed by atoms with Crippen LogP contribution in [0, 0.1) is 6.92 Å². The summed E-state index contributed by atoms with van der Waals surface area (Å²) in [6.07, 6.45) is -0.481. The van der Waals surface area contributed by atoms with Gasteiger partial charge in [-0.3, -0.25) is 9.78 Å². The number of methoxy groups -OCH3 is 1. The van der Waals surface area contributed by atoms with Crippen molar-refractivity contribution in [3.63, 3.8) is 0 Å². The van der Waals surface area contributed by atoms with Gasteiger partial charge >= 0.3 is 12.6 Å². The topological polar surface area (TPSA) is 109 Å². The number of aromatic nitrogens is 6. The Balaban J connectivity index is 0.000000367. The summed E-state index contributed by atoms with van der Waals surface area (Å²) in [5, 5.41) is 10.9. The molecule has 0 saturated heterocycles. The summed E-state index contributed by atoms with van der Waals surface area (Å²) in [6.45, 7) is 1.45. The maximum Gasteiger partial charge on any atom is 0.418 e. The third kappa shape index (κ3) is 7.50. The average Bonchev–Trinajstić information content (AvgIpc) is 3.46. The zero-order valence-electron chi connectivity index (χ0n) is 22.2. The van der Waals surface area contributed by atoms with Crippen LogP contribution in [-0.4, -0.2) is 37.1 Å². The first kappa shape index (κ1) is 29.7. The van der Waals surface area contributed by atoms with Crippen molar-refractivity contribution in [2.45, 2.75) is 64.1 Å². The molecule has 0 spiro atoms. The van der Waals surface area contributed by atoms with Gasteiger partial charge in [0.15, 0.2) is 0 Å². The molecular weight excluding hydrogens is 551 g/mol. The number of halogens is 5. The molecule has 4 heterocycles. The molecule has 0 radical (unpaired) electrons. The van der Waals surface area contributed by atoms with Crippen molar-refractivity contribution in [3.8, 4) is 17.5 Å². The molecule has 0 aliphatic heterocycles. The lowest BCUT2D eigenvalue weighted by Gasteiger charge is -2.22. The van der Waals surface area contributed by atoms with Crippen molar-refractivity contribution in [2.24, 2.45) is 0 Å². The monoisotopic (exact) mass is 578 g/mol.